The highest BCUT2D eigenvalue weighted by molar-refractivity contribution is 5.16. The lowest BCUT2D eigenvalue weighted by molar-refractivity contribution is 0.224. The van der Waals surface area contributed by atoms with E-state index in [9.17, 15) is 0 Å². The first-order valence-electron chi connectivity index (χ1n) is 7.00. The maximum absolute atomic E-state index is 5.61. The molecule has 3 heteroatoms. The molecular weight excluding hydrogens is 224 g/mol. The van der Waals surface area contributed by atoms with E-state index in [-0.39, 0.29) is 0 Å². The maximum Gasteiger partial charge on any atom is 0.122 e. The van der Waals surface area contributed by atoms with Gasteiger partial charge in [-0.15, -0.1) is 0 Å². The third kappa shape index (κ3) is 4.83. The molecular formula is C15H28N2O. The van der Waals surface area contributed by atoms with Gasteiger partial charge in [-0.3, -0.25) is 4.90 Å². The lowest BCUT2D eigenvalue weighted by Crippen LogP contribution is -2.28. The molecule has 104 valence electrons. The van der Waals surface area contributed by atoms with Crippen LogP contribution in [0.15, 0.2) is 16.7 Å². The fourth-order valence-electron chi connectivity index (χ4n) is 1.85. The number of hydrogen-bond acceptors (Lipinski definition) is 3. The van der Waals surface area contributed by atoms with Crippen molar-refractivity contribution in [3.63, 3.8) is 0 Å². The van der Waals surface area contributed by atoms with E-state index in [1.54, 1.807) is 6.26 Å². The van der Waals surface area contributed by atoms with Gasteiger partial charge < -0.3 is 9.73 Å². The Hall–Kier alpha value is -0.800. The van der Waals surface area contributed by atoms with E-state index in [0.717, 1.165) is 31.8 Å². The molecule has 0 spiro atoms. The Balaban J connectivity index is 2.49. The van der Waals surface area contributed by atoms with Crippen molar-refractivity contribution in [1.82, 2.24) is 10.2 Å². The van der Waals surface area contributed by atoms with Crippen LogP contribution in [-0.2, 0) is 13.1 Å². The summed E-state index contributed by atoms with van der Waals surface area (Å²) in [5.41, 5.74) is 1.28. The van der Waals surface area contributed by atoms with Gasteiger partial charge >= 0.3 is 0 Å². The van der Waals surface area contributed by atoms with E-state index < -0.39 is 0 Å². The summed E-state index contributed by atoms with van der Waals surface area (Å²) in [5.74, 6) is 1.78. The minimum Gasteiger partial charge on any atom is -0.468 e. The van der Waals surface area contributed by atoms with E-state index in [1.165, 1.54) is 5.56 Å². The molecule has 1 rings (SSSR count). The van der Waals surface area contributed by atoms with Gasteiger partial charge in [-0.2, -0.15) is 0 Å². The Morgan fingerprint density at radius 1 is 1.33 bits per heavy atom. The van der Waals surface area contributed by atoms with Crippen molar-refractivity contribution >= 4 is 0 Å². The molecule has 1 heterocycles. The summed E-state index contributed by atoms with van der Waals surface area (Å²) < 4.78 is 5.61. The molecule has 1 aromatic heterocycles. The third-order valence-corrected chi connectivity index (χ3v) is 3.44. The van der Waals surface area contributed by atoms with Crippen LogP contribution in [0.25, 0.3) is 0 Å². The van der Waals surface area contributed by atoms with Gasteiger partial charge in [0.25, 0.3) is 0 Å². The van der Waals surface area contributed by atoms with Crippen LogP contribution in [0.1, 0.15) is 45.4 Å². The Morgan fingerprint density at radius 2 is 2.06 bits per heavy atom. The van der Waals surface area contributed by atoms with Gasteiger partial charge in [0.05, 0.1) is 12.8 Å². The first-order chi connectivity index (χ1) is 8.54. The van der Waals surface area contributed by atoms with Crippen LogP contribution in [0.4, 0.5) is 0 Å². The summed E-state index contributed by atoms with van der Waals surface area (Å²) in [7, 11) is 2.15. The average molecular weight is 252 g/mol. The second-order valence-corrected chi connectivity index (χ2v) is 5.57. The fourth-order valence-corrected chi connectivity index (χ4v) is 1.85. The second kappa shape index (κ2) is 7.59. The van der Waals surface area contributed by atoms with Gasteiger partial charge in [0.15, 0.2) is 0 Å². The molecule has 18 heavy (non-hydrogen) atoms. The normalized spacial score (nSPS) is 13.5. The Labute approximate surface area is 112 Å². The molecule has 0 saturated carbocycles. The molecule has 3 nitrogen and oxygen atoms in total. The molecule has 0 aliphatic carbocycles. The van der Waals surface area contributed by atoms with Crippen molar-refractivity contribution in [2.45, 2.75) is 53.2 Å². The quantitative estimate of drug-likeness (QED) is 0.770. The molecule has 0 amide bonds. The van der Waals surface area contributed by atoms with Crippen molar-refractivity contribution in [2.75, 3.05) is 13.6 Å². The van der Waals surface area contributed by atoms with Crippen LogP contribution in [0.5, 0.6) is 0 Å². The van der Waals surface area contributed by atoms with Crippen molar-refractivity contribution in [3.8, 4) is 0 Å². The standard InChI is InChI=1S/C15H28N2O/c1-6-13(4)17(5)11-15-14(7-8-18-15)10-16-9-12(2)3/h7-8,12-13,16H,6,9-11H2,1-5H3. The molecule has 1 aromatic rings. The van der Waals surface area contributed by atoms with E-state index in [1.807, 2.05) is 0 Å². The zero-order valence-corrected chi connectivity index (χ0v) is 12.5. The summed E-state index contributed by atoms with van der Waals surface area (Å²) in [6, 6.07) is 2.67. The highest BCUT2D eigenvalue weighted by atomic mass is 16.3. The van der Waals surface area contributed by atoms with E-state index in [2.05, 4.69) is 51.0 Å². The van der Waals surface area contributed by atoms with Gasteiger partial charge in [0.2, 0.25) is 0 Å². The largest absolute Gasteiger partial charge is 0.468 e. The van der Waals surface area contributed by atoms with Gasteiger partial charge in [0, 0.05) is 18.2 Å². The zero-order chi connectivity index (χ0) is 13.5. The Kier molecular flexibility index (Phi) is 6.44. The van der Waals surface area contributed by atoms with E-state index >= 15 is 0 Å². The van der Waals surface area contributed by atoms with Crippen molar-refractivity contribution in [3.05, 3.63) is 23.7 Å². The molecule has 0 aromatic carbocycles. The molecule has 0 aliphatic rings. The number of furan rings is 1. The summed E-state index contributed by atoms with van der Waals surface area (Å²) >= 11 is 0. The van der Waals surface area contributed by atoms with Crippen LogP contribution in [-0.4, -0.2) is 24.5 Å². The smallest absolute Gasteiger partial charge is 0.122 e. The van der Waals surface area contributed by atoms with Gasteiger partial charge in [-0.05, 0) is 38.9 Å². The number of nitrogens with one attached hydrogen (secondary N) is 1. The fraction of sp³-hybridized carbons (Fsp3) is 0.733. The maximum atomic E-state index is 5.61. The van der Waals surface area contributed by atoms with Crippen LogP contribution >= 0.6 is 0 Å². The van der Waals surface area contributed by atoms with Crippen LogP contribution in [0.2, 0.25) is 0 Å². The molecule has 0 fully saturated rings. The highest BCUT2D eigenvalue weighted by Crippen LogP contribution is 2.14. The van der Waals surface area contributed by atoms with Crippen molar-refractivity contribution < 1.29 is 4.42 Å². The number of rotatable bonds is 8. The molecule has 0 bridgehead atoms. The summed E-state index contributed by atoms with van der Waals surface area (Å²) in [6.45, 7) is 11.7. The molecule has 1 unspecified atom stereocenters. The summed E-state index contributed by atoms with van der Waals surface area (Å²) in [6.07, 6.45) is 2.96. The minimum absolute atomic E-state index is 0.589. The number of nitrogens with zero attached hydrogens (tertiary/aromatic N) is 1. The predicted octanol–water partition coefficient (Wildman–Crippen LogP) is 3.26. The van der Waals surface area contributed by atoms with Crippen LogP contribution in [0, 0.1) is 5.92 Å². The summed E-state index contributed by atoms with van der Waals surface area (Å²) in [5, 5.41) is 3.47. The summed E-state index contributed by atoms with van der Waals surface area (Å²) in [4.78, 5) is 2.34. The number of hydrogen-bond donors (Lipinski definition) is 1. The van der Waals surface area contributed by atoms with Crippen molar-refractivity contribution in [2.24, 2.45) is 5.92 Å². The van der Waals surface area contributed by atoms with Crippen LogP contribution in [0.3, 0.4) is 0 Å². The molecule has 0 radical (unpaired) electrons. The first kappa shape index (κ1) is 15.3. The Bertz CT molecular complexity index is 333. The molecule has 0 aliphatic heterocycles. The molecule has 1 atom stereocenters. The van der Waals surface area contributed by atoms with Gasteiger partial charge in [-0.25, -0.2) is 0 Å². The minimum atomic E-state index is 0.589. The molecule has 0 saturated heterocycles. The topological polar surface area (TPSA) is 28.4 Å². The SMILES string of the molecule is CCC(C)N(C)Cc1occc1CNCC(C)C. The van der Waals surface area contributed by atoms with E-state index in [4.69, 9.17) is 4.42 Å². The van der Waals surface area contributed by atoms with Crippen LogP contribution < -0.4 is 5.32 Å². The van der Waals surface area contributed by atoms with Crippen molar-refractivity contribution in [1.29, 1.82) is 0 Å². The average Bonchev–Trinajstić information content (AvgIpc) is 2.75. The zero-order valence-electron chi connectivity index (χ0n) is 12.5. The van der Waals surface area contributed by atoms with E-state index in [0.29, 0.717) is 12.0 Å². The third-order valence-electron chi connectivity index (χ3n) is 3.44. The van der Waals surface area contributed by atoms with Gasteiger partial charge in [-0.1, -0.05) is 20.8 Å². The Morgan fingerprint density at radius 3 is 2.67 bits per heavy atom. The lowest BCUT2D eigenvalue weighted by Gasteiger charge is -2.22. The van der Waals surface area contributed by atoms with Gasteiger partial charge in [0.1, 0.15) is 5.76 Å². The highest BCUT2D eigenvalue weighted by Gasteiger charge is 2.12. The monoisotopic (exact) mass is 252 g/mol. The molecule has 1 N–H and O–H groups in total. The second-order valence-electron chi connectivity index (χ2n) is 5.57. The lowest BCUT2D eigenvalue weighted by atomic mass is 10.2. The first-order valence-corrected chi connectivity index (χ1v) is 7.00. The predicted molar refractivity (Wildman–Crippen MR) is 76.5 cm³/mol.